The van der Waals surface area contributed by atoms with Crippen molar-refractivity contribution in [2.45, 2.75) is 39.7 Å². The van der Waals surface area contributed by atoms with Gasteiger partial charge in [-0.1, -0.05) is 19.9 Å². The molecule has 7 nitrogen and oxygen atoms in total. The maximum Gasteiger partial charge on any atom is 0.333 e. The number of benzene rings is 1. The lowest BCUT2D eigenvalue weighted by Crippen LogP contribution is -2.48. The van der Waals surface area contributed by atoms with E-state index in [1.54, 1.807) is 25.1 Å². The van der Waals surface area contributed by atoms with Crippen molar-refractivity contribution in [3.63, 3.8) is 0 Å². The van der Waals surface area contributed by atoms with Crippen LogP contribution in [0.2, 0.25) is 0 Å². The molecular weight excluding hydrogens is 310 g/mol. The van der Waals surface area contributed by atoms with Crippen LogP contribution >= 0.6 is 0 Å². The zero-order valence-corrected chi connectivity index (χ0v) is 14.4. The van der Waals surface area contributed by atoms with Gasteiger partial charge in [-0.2, -0.15) is 0 Å². The predicted octanol–water partition coefficient (Wildman–Crippen LogP) is 2.73. The molecule has 1 amide bonds. The Morgan fingerprint density at radius 2 is 2.25 bits per heavy atom. The summed E-state index contributed by atoms with van der Waals surface area (Å²) in [6.07, 6.45) is 1.76. The molecule has 0 bridgehead atoms. The first-order valence-electron chi connectivity index (χ1n) is 8.39. The molecule has 1 saturated heterocycles. The van der Waals surface area contributed by atoms with Crippen LogP contribution in [0, 0.1) is 16.0 Å². The predicted molar refractivity (Wildman–Crippen MR) is 92.5 cm³/mol. The average molecular weight is 335 g/mol. The second-order valence-corrected chi connectivity index (χ2v) is 6.26. The van der Waals surface area contributed by atoms with Gasteiger partial charge in [-0.15, -0.1) is 0 Å². The molecule has 1 unspecified atom stereocenters. The number of hydrogen-bond acceptors (Lipinski definition) is 5. The maximum absolute atomic E-state index is 11.9. The number of anilines is 1. The van der Waals surface area contributed by atoms with E-state index >= 15 is 0 Å². The summed E-state index contributed by atoms with van der Waals surface area (Å²) in [6, 6.07) is 5.13. The van der Waals surface area contributed by atoms with Crippen LogP contribution in [-0.2, 0) is 4.79 Å². The van der Waals surface area contributed by atoms with Gasteiger partial charge in [0.25, 0.3) is 0 Å². The minimum atomic E-state index is -0.392. The molecule has 0 aromatic heterocycles. The van der Waals surface area contributed by atoms with E-state index in [2.05, 4.69) is 5.32 Å². The van der Waals surface area contributed by atoms with Crippen molar-refractivity contribution in [1.29, 1.82) is 0 Å². The third kappa shape index (κ3) is 4.15. The number of nitrogens with one attached hydrogen (secondary N) is 1. The van der Waals surface area contributed by atoms with Gasteiger partial charge in [-0.05, 0) is 31.9 Å². The highest BCUT2D eigenvalue weighted by Crippen LogP contribution is 2.38. The molecule has 0 radical (unpaired) electrons. The van der Waals surface area contributed by atoms with Crippen molar-refractivity contribution in [3.05, 3.63) is 28.3 Å². The Morgan fingerprint density at radius 3 is 2.88 bits per heavy atom. The van der Waals surface area contributed by atoms with E-state index in [0.717, 1.165) is 19.4 Å². The molecule has 1 aromatic carbocycles. The monoisotopic (exact) mass is 335 g/mol. The molecule has 0 saturated carbocycles. The molecule has 0 spiro atoms. The van der Waals surface area contributed by atoms with Gasteiger partial charge in [-0.25, -0.2) is 0 Å². The Labute approximate surface area is 142 Å². The number of nitro groups is 1. The van der Waals surface area contributed by atoms with E-state index < -0.39 is 4.92 Å². The van der Waals surface area contributed by atoms with Crippen LogP contribution in [-0.4, -0.2) is 36.6 Å². The summed E-state index contributed by atoms with van der Waals surface area (Å²) in [7, 11) is 0. The smallest absolute Gasteiger partial charge is 0.333 e. The lowest BCUT2D eigenvalue weighted by Gasteiger charge is -2.34. The molecule has 24 heavy (non-hydrogen) atoms. The number of rotatable bonds is 6. The van der Waals surface area contributed by atoms with Crippen LogP contribution < -0.4 is 15.0 Å². The Balaban J connectivity index is 2.22. The van der Waals surface area contributed by atoms with Crippen LogP contribution in [0.25, 0.3) is 0 Å². The lowest BCUT2D eigenvalue weighted by molar-refractivity contribution is -0.385. The molecule has 2 rings (SSSR count). The van der Waals surface area contributed by atoms with Crippen LogP contribution in [0.4, 0.5) is 11.4 Å². The number of hydrogen-bond donors (Lipinski definition) is 1. The summed E-state index contributed by atoms with van der Waals surface area (Å²) >= 11 is 0. The first kappa shape index (κ1) is 18.0. The molecule has 1 aliphatic heterocycles. The number of carbonyl (C=O) groups excluding carboxylic acids is 1. The standard InChI is InChI=1S/C17H25N3O4/c1-4-24-15-9-5-8-14(16(15)20(22)23)19-10-6-7-13(11-19)18-17(21)12(2)3/h5,8-9,12-13H,4,6-7,10-11H2,1-3H3,(H,18,21). The van der Waals surface area contributed by atoms with Gasteiger partial charge in [0.2, 0.25) is 5.91 Å². The third-order valence-electron chi connectivity index (χ3n) is 4.09. The van der Waals surface area contributed by atoms with E-state index in [-0.39, 0.29) is 29.3 Å². The summed E-state index contributed by atoms with van der Waals surface area (Å²) in [6.45, 7) is 7.17. The van der Waals surface area contributed by atoms with Gasteiger partial charge >= 0.3 is 5.69 Å². The highest BCUT2D eigenvalue weighted by atomic mass is 16.6. The number of ether oxygens (including phenoxy) is 1. The fourth-order valence-corrected chi connectivity index (χ4v) is 2.90. The Hall–Kier alpha value is -2.31. The SMILES string of the molecule is CCOc1cccc(N2CCCC(NC(=O)C(C)C)C2)c1[N+](=O)[O-]. The lowest BCUT2D eigenvalue weighted by atomic mass is 10.0. The van der Waals surface area contributed by atoms with Crippen LogP contribution in [0.15, 0.2) is 18.2 Å². The number of carbonyl (C=O) groups is 1. The summed E-state index contributed by atoms with van der Waals surface area (Å²) in [5, 5.41) is 14.6. The molecule has 1 N–H and O–H groups in total. The van der Waals surface area contributed by atoms with Crippen molar-refractivity contribution >= 4 is 17.3 Å². The van der Waals surface area contributed by atoms with E-state index in [1.165, 1.54) is 0 Å². The second kappa shape index (κ2) is 7.99. The molecular formula is C17H25N3O4. The average Bonchev–Trinajstić information content (AvgIpc) is 2.54. The zero-order chi connectivity index (χ0) is 17.7. The topological polar surface area (TPSA) is 84.7 Å². The van der Waals surface area contributed by atoms with Crippen molar-refractivity contribution in [2.24, 2.45) is 5.92 Å². The van der Waals surface area contributed by atoms with E-state index in [4.69, 9.17) is 4.74 Å². The Morgan fingerprint density at radius 1 is 1.50 bits per heavy atom. The van der Waals surface area contributed by atoms with Gasteiger partial charge in [0.15, 0.2) is 5.75 Å². The maximum atomic E-state index is 11.9. The minimum Gasteiger partial charge on any atom is -0.487 e. The molecule has 1 aromatic rings. The Bertz CT molecular complexity index is 603. The largest absolute Gasteiger partial charge is 0.487 e. The van der Waals surface area contributed by atoms with E-state index in [0.29, 0.717) is 18.8 Å². The quantitative estimate of drug-likeness (QED) is 0.638. The number of para-hydroxylation sites is 1. The molecule has 7 heteroatoms. The van der Waals surface area contributed by atoms with Gasteiger partial charge in [0.1, 0.15) is 5.69 Å². The molecule has 1 atom stereocenters. The zero-order valence-electron chi connectivity index (χ0n) is 14.4. The van der Waals surface area contributed by atoms with E-state index in [1.807, 2.05) is 18.7 Å². The van der Waals surface area contributed by atoms with Gasteiger partial charge in [-0.3, -0.25) is 14.9 Å². The fourth-order valence-electron chi connectivity index (χ4n) is 2.90. The number of piperidine rings is 1. The molecule has 1 aliphatic rings. The van der Waals surface area contributed by atoms with Crippen molar-refractivity contribution in [2.75, 3.05) is 24.6 Å². The first-order chi connectivity index (χ1) is 11.4. The van der Waals surface area contributed by atoms with Crippen molar-refractivity contribution < 1.29 is 14.5 Å². The van der Waals surface area contributed by atoms with Crippen molar-refractivity contribution in [1.82, 2.24) is 5.32 Å². The second-order valence-electron chi connectivity index (χ2n) is 6.26. The van der Waals surface area contributed by atoms with Gasteiger partial charge in [0.05, 0.1) is 11.5 Å². The van der Waals surface area contributed by atoms with Crippen LogP contribution in [0.5, 0.6) is 5.75 Å². The number of amides is 1. The molecule has 132 valence electrons. The van der Waals surface area contributed by atoms with Gasteiger partial charge in [0, 0.05) is 25.0 Å². The van der Waals surface area contributed by atoms with Crippen molar-refractivity contribution in [3.8, 4) is 5.75 Å². The third-order valence-corrected chi connectivity index (χ3v) is 4.09. The summed E-state index contributed by atoms with van der Waals surface area (Å²) < 4.78 is 5.41. The normalized spacial score (nSPS) is 17.7. The number of nitrogens with zero attached hydrogens (tertiary/aromatic N) is 2. The first-order valence-corrected chi connectivity index (χ1v) is 8.39. The molecule has 0 aliphatic carbocycles. The highest BCUT2D eigenvalue weighted by molar-refractivity contribution is 5.78. The summed E-state index contributed by atoms with van der Waals surface area (Å²) in [4.78, 5) is 25.0. The summed E-state index contributed by atoms with van der Waals surface area (Å²) in [5.74, 6) is 0.226. The summed E-state index contributed by atoms with van der Waals surface area (Å²) in [5.41, 5.74) is 0.546. The molecule has 1 fully saturated rings. The van der Waals surface area contributed by atoms with Crippen LogP contribution in [0.1, 0.15) is 33.6 Å². The highest BCUT2D eigenvalue weighted by Gasteiger charge is 2.29. The Kier molecular flexibility index (Phi) is 6.00. The van der Waals surface area contributed by atoms with Crippen LogP contribution in [0.3, 0.4) is 0 Å². The van der Waals surface area contributed by atoms with E-state index in [9.17, 15) is 14.9 Å². The van der Waals surface area contributed by atoms with Gasteiger partial charge < -0.3 is 15.0 Å². The fraction of sp³-hybridized carbons (Fsp3) is 0.588. The molecule has 1 heterocycles. The number of nitro benzene ring substituents is 1. The minimum absolute atomic E-state index is 0.00371.